The maximum Gasteiger partial charge on any atom is 0.145 e. The third-order valence-electron chi connectivity index (χ3n) is 3.08. The lowest BCUT2D eigenvalue weighted by atomic mass is 10.2. The van der Waals surface area contributed by atoms with Gasteiger partial charge in [0, 0.05) is 26.1 Å². The molecule has 2 aromatic rings. The fourth-order valence-corrected chi connectivity index (χ4v) is 2.08. The van der Waals surface area contributed by atoms with Crippen LogP contribution in [0.15, 0.2) is 30.3 Å². The Morgan fingerprint density at radius 2 is 2.10 bits per heavy atom. The fourth-order valence-electron chi connectivity index (χ4n) is 2.08. The van der Waals surface area contributed by atoms with Gasteiger partial charge >= 0.3 is 0 Å². The standard InChI is InChI=1S/C15H20FN5/c1-3-5-13-18-14(20-17)9-15(19-13)21(2)10-11-6-4-7-12(16)8-11/h4,6-9H,3,5,10,17H2,1-2H3,(H,18,19,20). The molecule has 0 spiro atoms. The largest absolute Gasteiger partial charge is 0.355 e. The van der Waals surface area contributed by atoms with Crippen LogP contribution < -0.4 is 16.2 Å². The zero-order valence-electron chi connectivity index (χ0n) is 12.3. The van der Waals surface area contributed by atoms with Gasteiger partial charge in [0.1, 0.15) is 23.3 Å². The SMILES string of the molecule is CCCc1nc(NN)cc(N(C)Cc2cccc(F)c2)n1. The number of nitrogen functional groups attached to an aromatic ring is 1. The van der Waals surface area contributed by atoms with Gasteiger partial charge in [-0.05, 0) is 24.1 Å². The zero-order valence-corrected chi connectivity index (χ0v) is 12.3. The molecule has 0 saturated carbocycles. The molecule has 0 unspecified atom stereocenters. The lowest BCUT2D eigenvalue weighted by Gasteiger charge is -2.19. The average Bonchev–Trinajstić information content (AvgIpc) is 2.47. The second-order valence-corrected chi connectivity index (χ2v) is 4.91. The minimum atomic E-state index is -0.237. The smallest absolute Gasteiger partial charge is 0.145 e. The van der Waals surface area contributed by atoms with Crippen LogP contribution in [-0.4, -0.2) is 17.0 Å². The van der Waals surface area contributed by atoms with Crippen LogP contribution in [0.5, 0.6) is 0 Å². The van der Waals surface area contributed by atoms with Crippen molar-refractivity contribution in [2.45, 2.75) is 26.3 Å². The number of nitrogens with zero attached hydrogens (tertiary/aromatic N) is 3. The van der Waals surface area contributed by atoms with Crippen LogP contribution in [0.3, 0.4) is 0 Å². The van der Waals surface area contributed by atoms with E-state index in [-0.39, 0.29) is 5.82 Å². The van der Waals surface area contributed by atoms with E-state index in [0.717, 1.165) is 30.0 Å². The summed E-state index contributed by atoms with van der Waals surface area (Å²) in [6, 6.07) is 8.32. The van der Waals surface area contributed by atoms with Crippen molar-refractivity contribution in [1.29, 1.82) is 0 Å². The Kier molecular flexibility index (Phi) is 5.05. The first-order valence-electron chi connectivity index (χ1n) is 6.92. The van der Waals surface area contributed by atoms with Crippen molar-refractivity contribution in [3.8, 4) is 0 Å². The van der Waals surface area contributed by atoms with Gasteiger partial charge in [-0.2, -0.15) is 0 Å². The quantitative estimate of drug-likeness (QED) is 0.632. The number of benzene rings is 1. The van der Waals surface area contributed by atoms with Crippen LogP contribution in [0.4, 0.5) is 16.0 Å². The Morgan fingerprint density at radius 1 is 1.29 bits per heavy atom. The van der Waals surface area contributed by atoms with E-state index in [1.165, 1.54) is 12.1 Å². The Labute approximate surface area is 124 Å². The van der Waals surface area contributed by atoms with Crippen molar-refractivity contribution in [1.82, 2.24) is 9.97 Å². The number of aryl methyl sites for hydroxylation is 1. The number of hydrazine groups is 1. The highest BCUT2D eigenvalue weighted by Gasteiger charge is 2.09. The Bertz CT molecular complexity index is 602. The van der Waals surface area contributed by atoms with E-state index in [1.54, 1.807) is 12.1 Å². The van der Waals surface area contributed by atoms with Crippen molar-refractivity contribution >= 4 is 11.6 Å². The van der Waals surface area contributed by atoms with Crippen molar-refractivity contribution in [3.63, 3.8) is 0 Å². The number of nitrogens with two attached hydrogens (primary N) is 1. The van der Waals surface area contributed by atoms with Gasteiger partial charge < -0.3 is 10.3 Å². The zero-order chi connectivity index (χ0) is 15.2. The minimum absolute atomic E-state index is 0.237. The van der Waals surface area contributed by atoms with Gasteiger partial charge in [-0.15, -0.1) is 0 Å². The van der Waals surface area contributed by atoms with E-state index in [4.69, 9.17) is 5.84 Å². The summed E-state index contributed by atoms with van der Waals surface area (Å²) in [4.78, 5) is 10.8. The van der Waals surface area contributed by atoms with Gasteiger partial charge in [0.05, 0.1) is 0 Å². The number of nitrogens with one attached hydrogen (secondary N) is 1. The molecule has 1 heterocycles. The third-order valence-corrected chi connectivity index (χ3v) is 3.08. The molecule has 0 fully saturated rings. The summed E-state index contributed by atoms with van der Waals surface area (Å²) in [7, 11) is 1.91. The van der Waals surface area contributed by atoms with Crippen LogP contribution >= 0.6 is 0 Å². The van der Waals surface area contributed by atoms with E-state index in [1.807, 2.05) is 18.0 Å². The summed E-state index contributed by atoms with van der Waals surface area (Å²) in [5.41, 5.74) is 3.44. The Morgan fingerprint density at radius 3 is 2.76 bits per heavy atom. The van der Waals surface area contributed by atoms with Gasteiger partial charge in [-0.1, -0.05) is 19.1 Å². The molecular formula is C15H20FN5. The fraction of sp³-hybridized carbons (Fsp3) is 0.333. The summed E-state index contributed by atoms with van der Waals surface area (Å²) in [6.07, 6.45) is 1.75. The van der Waals surface area contributed by atoms with E-state index in [0.29, 0.717) is 12.4 Å². The number of aromatic nitrogens is 2. The summed E-state index contributed by atoms with van der Waals surface area (Å²) < 4.78 is 13.2. The maximum absolute atomic E-state index is 13.2. The number of hydrogen-bond acceptors (Lipinski definition) is 5. The van der Waals surface area contributed by atoms with Crippen LogP contribution in [-0.2, 0) is 13.0 Å². The van der Waals surface area contributed by atoms with Crippen LogP contribution in [0.25, 0.3) is 0 Å². The molecule has 0 aliphatic heterocycles. The molecule has 1 aromatic carbocycles. The van der Waals surface area contributed by atoms with Gasteiger partial charge in [0.15, 0.2) is 0 Å². The predicted octanol–water partition coefficient (Wildman–Crippen LogP) is 2.49. The number of hydrogen-bond donors (Lipinski definition) is 2. The highest BCUT2D eigenvalue weighted by atomic mass is 19.1. The van der Waals surface area contributed by atoms with Gasteiger partial charge in [0.2, 0.25) is 0 Å². The van der Waals surface area contributed by atoms with Gasteiger partial charge in [-0.25, -0.2) is 20.2 Å². The second-order valence-electron chi connectivity index (χ2n) is 4.91. The molecule has 0 atom stereocenters. The first-order valence-corrected chi connectivity index (χ1v) is 6.92. The number of rotatable bonds is 6. The molecule has 0 radical (unpaired) electrons. The lowest BCUT2D eigenvalue weighted by Crippen LogP contribution is -2.20. The molecule has 0 aliphatic carbocycles. The Hall–Kier alpha value is -2.21. The monoisotopic (exact) mass is 289 g/mol. The number of halogens is 1. The number of anilines is 2. The molecular weight excluding hydrogens is 269 g/mol. The highest BCUT2D eigenvalue weighted by Crippen LogP contribution is 2.17. The van der Waals surface area contributed by atoms with Crippen molar-refractivity contribution in [2.75, 3.05) is 17.4 Å². The van der Waals surface area contributed by atoms with E-state index in [9.17, 15) is 4.39 Å². The molecule has 0 saturated heterocycles. The lowest BCUT2D eigenvalue weighted by molar-refractivity contribution is 0.625. The summed E-state index contributed by atoms with van der Waals surface area (Å²) >= 11 is 0. The highest BCUT2D eigenvalue weighted by molar-refractivity contribution is 5.48. The van der Waals surface area contributed by atoms with E-state index in [2.05, 4.69) is 22.3 Å². The molecule has 3 N–H and O–H groups in total. The molecule has 6 heteroatoms. The molecule has 0 bridgehead atoms. The second kappa shape index (κ2) is 6.99. The van der Waals surface area contributed by atoms with E-state index >= 15 is 0 Å². The molecule has 5 nitrogen and oxygen atoms in total. The topological polar surface area (TPSA) is 67.1 Å². The molecule has 0 aliphatic rings. The minimum Gasteiger partial charge on any atom is -0.355 e. The normalized spacial score (nSPS) is 10.5. The molecule has 21 heavy (non-hydrogen) atoms. The third kappa shape index (κ3) is 4.13. The van der Waals surface area contributed by atoms with E-state index < -0.39 is 0 Å². The van der Waals surface area contributed by atoms with Crippen molar-refractivity contribution in [3.05, 3.63) is 47.5 Å². The van der Waals surface area contributed by atoms with Crippen LogP contribution in [0.1, 0.15) is 24.7 Å². The predicted molar refractivity (Wildman–Crippen MR) is 82.3 cm³/mol. The van der Waals surface area contributed by atoms with Gasteiger partial charge in [0.25, 0.3) is 0 Å². The maximum atomic E-state index is 13.2. The van der Waals surface area contributed by atoms with Crippen LogP contribution in [0, 0.1) is 5.82 Å². The average molecular weight is 289 g/mol. The summed E-state index contributed by atoms with van der Waals surface area (Å²) in [6.45, 7) is 2.63. The molecule has 2 rings (SSSR count). The molecule has 1 aromatic heterocycles. The first-order chi connectivity index (χ1) is 10.1. The summed E-state index contributed by atoms with van der Waals surface area (Å²) in [5.74, 6) is 7.29. The van der Waals surface area contributed by atoms with Crippen molar-refractivity contribution in [2.24, 2.45) is 5.84 Å². The Balaban J connectivity index is 2.21. The van der Waals surface area contributed by atoms with Gasteiger partial charge in [-0.3, -0.25) is 0 Å². The van der Waals surface area contributed by atoms with Crippen LogP contribution in [0.2, 0.25) is 0 Å². The van der Waals surface area contributed by atoms with Crippen molar-refractivity contribution < 1.29 is 4.39 Å². The first kappa shape index (κ1) is 15.2. The molecule has 0 amide bonds. The summed E-state index contributed by atoms with van der Waals surface area (Å²) in [5, 5.41) is 0. The molecule has 112 valence electrons.